The summed E-state index contributed by atoms with van der Waals surface area (Å²) in [5.41, 5.74) is 12.9. The van der Waals surface area contributed by atoms with Crippen LogP contribution in [0.1, 0.15) is 22.3 Å². The summed E-state index contributed by atoms with van der Waals surface area (Å²) in [6.07, 6.45) is 7.56. The molecule has 5 aromatic carbocycles. The van der Waals surface area contributed by atoms with Crippen molar-refractivity contribution in [3.8, 4) is 22.8 Å². The molecule has 2 aliphatic rings. The Bertz CT molecular complexity index is 3280. The van der Waals surface area contributed by atoms with Crippen molar-refractivity contribution in [3.63, 3.8) is 0 Å². The molecule has 1 aliphatic heterocycles. The van der Waals surface area contributed by atoms with Gasteiger partial charge in [-0.2, -0.15) is 0 Å². The first-order valence-corrected chi connectivity index (χ1v) is 19.1. The monoisotopic (exact) mass is 731 g/mol. The second kappa shape index (κ2) is 11.3. The van der Waals surface area contributed by atoms with E-state index in [1.54, 1.807) is 11.8 Å². The van der Waals surface area contributed by atoms with Crippen LogP contribution in [0, 0.1) is 13.1 Å². The number of rotatable bonds is 2. The lowest BCUT2D eigenvalue weighted by Gasteiger charge is -2.40. The van der Waals surface area contributed by atoms with Gasteiger partial charge in [0.05, 0.1) is 69.6 Å². The van der Waals surface area contributed by atoms with Crippen LogP contribution in [0.4, 0.5) is 11.4 Å². The van der Waals surface area contributed by atoms with Crippen LogP contribution in [0.2, 0.25) is 0 Å². The first kappa shape index (κ1) is 30.9. The Morgan fingerprint density at radius 1 is 0.482 bits per heavy atom. The molecule has 0 N–H and O–H groups in total. The Balaban J connectivity index is 1.25. The largest absolute Gasteiger partial charge is 0.308 e. The summed E-state index contributed by atoms with van der Waals surface area (Å²) in [5.74, 6) is 0. The second-order valence-corrected chi connectivity index (χ2v) is 15.2. The molecular formula is C48H25N7S. The van der Waals surface area contributed by atoms with Crippen molar-refractivity contribution in [2.24, 2.45) is 0 Å². The van der Waals surface area contributed by atoms with E-state index in [1.165, 1.54) is 10.9 Å². The van der Waals surface area contributed by atoms with Gasteiger partial charge >= 0.3 is 0 Å². The predicted octanol–water partition coefficient (Wildman–Crippen LogP) is 12.0. The molecule has 1 aliphatic carbocycles. The van der Waals surface area contributed by atoms with Crippen LogP contribution >= 0.6 is 11.8 Å². The third-order valence-corrected chi connectivity index (χ3v) is 12.9. The van der Waals surface area contributed by atoms with Crippen molar-refractivity contribution in [1.29, 1.82) is 0 Å². The van der Waals surface area contributed by atoms with E-state index < -0.39 is 5.41 Å². The maximum absolute atomic E-state index is 7.81. The lowest BCUT2D eigenvalue weighted by Crippen LogP contribution is -2.33. The zero-order chi connectivity index (χ0) is 37.1. The third-order valence-electron chi connectivity index (χ3n) is 11.6. The summed E-state index contributed by atoms with van der Waals surface area (Å²) in [6, 6.07) is 44.3. The molecule has 1 spiro atoms. The Morgan fingerprint density at radius 2 is 1.02 bits per heavy atom. The van der Waals surface area contributed by atoms with Crippen LogP contribution < -0.4 is 0 Å². The molecule has 8 heteroatoms. The molecule has 0 atom stereocenters. The lowest BCUT2D eigenvalue weighted by atomic mass is 9.67. The van der Waals surface area contributed by atoms with Crippen LogP contribution in [0.15, 0.2) is 162 Å². The van der Waals surface area contributed by atoms with Gasteiger partial charge in [0.15, 0.2) is 11.4 Å². The van der Waals surface area contributed by atoms with Gasteiger partial charge in [-0.25, -0.2) is 9.69 Å². The van der Waals surface area contributed by atoms with Gasteiger partial charge in [-0.15, -0.1) is 0 Å². The quantitative estimate of drug-likeness (QED) is 0.166. The van der Waals surface area contributed by atoms with E-state index in [1.807, 2.05) is 73.3 Å². The first-order valence-electron chi connectivity index (χ1n) is 18.2. The van der Waals surface area contributed by atoms with E-state index in [9.17, 15) is 0 Å². The Morgan fingerprint density at radius 3 is 1.62 bits per heavy atom. The van der Waals surface area contributed by atoms with E-state index in [2.05, 4.69) is 103 Å². The molecule has 0 radical (unpaired) electrons. The van der Waals surface area contributed by atoms with Crippen molar-refractivity contribution in [2.75, 3.05) is 0 Å². The van der Waals surface area contributed by atoms with E-state index in [0.29, 0.717) is 11.4 Å². The minimum Gasteiger partial charge on any atom is -0.308 e. The topological polar surface area (TPSA) is 57.2 Å². The average Bonchev–Trinajstić information content (AvgIpc) is 3.87. The molecule has 12 rings (SSSR count). The highest BCUT2D eigenvalue weighted by Gasteiger charge is 2.52. The molecule has 0 fully saturated rings. The van der Waals surface area contributed by atoms with Crippen LogP contribution in [-0.2, 0) is 5.41 Å². The zero-order valence-electron chi connectivity index (χ0n) is 29.5. The predicted molar refractivity (Wildman–Crippen MR) is 222 cm³/mol. The van der Waals surface area contributed by atoms with Crippen molar-refractivity contribution in [3.05, 3.63) is 197 Å². The first-order chi connectivity index (χ1) is 27.7. The zero-order valence-corrected chi connectivity index (χ0v) is 30.3. The lowest BCUT2D eigenvalue weighted by molar-refractivity contribution is 0.714. The van der Waals surface area contributed by atoms with Gasteiger partial charge in [-0.05, 0) is 93.7 Å². The fourth-order valence-corrected chi connectivity index (χ4v) is 10.8. The molecule has 0 saturated heterocycles. The number of aromatic nitrogens is 5. The average molecular weight is 732 g/mol. The SMILES string of the molecule is [C-]#[N+]c1ccc2c(c1)c1cc([N+]#[C-])ccc1n2-c1cccc2c1Sc1c(-n3c4ccccc4c4ccncc43)cccc1C21c2cccnc2-c2ncccc21. The summed E-state index contributed by atoms with van der Waals surface area (Å²) in [5, 5.41) is 4.21. The number of nitrogens with zero attached hydrogens (tertiary/aromatic N) is 7. The van der Waals surface area contributed by atoms with Gasteiger partial charge in [0.25, 0.3) is 0 Å². The normalized spacial score (nSPS) is 13.4. The molecule has 56 heavy (non-hydrogen) atoms. The second-order valence-electron chi connectivity index (χ2n) is 14.2. The number of benzene rings is 5. The molecule has 0 saturated carbocycles. The minimum atomic E-state index is -0.737. The van der Waals surface area contributed by atoms with Gasteiger partial charge in [-0.3, -0.25) is 15.0 Å². The van der Waals surface area contributed by atoms with Crippen LogP contribution in [-0.4, -0.2) is 24.1 Å². The van der Waals surface area contributed by atoms with Crippen molar-refractivity contribution >= 4 is 66.7 Å². The van der Waals surface area contributed by atoms with E-state index >= 15 is 0 Å². The third kappa shape index (κ3) is 3.83. The highest BCUT2D eigenvalue weighted by atomic mass is 32.2. The summed E-state index contributed by atoms with van der Waals surface area (Å²) in [7, 11) is 0. The molecule has 5 aromatic heterocycles. The Hall–Kier alpha value is -7.52. The maximum atomic E-state index is 7.81. The fraction of sp³-hybridized carbons (Fsp3) is 0.0208. The van der Waals surface area contributed by atoms with Gasteiger partial charge in [0.1, 0.15) is 0 Å². The van der Waals surface area contributed by atoms with Gasteiger partial charge in [0.2, 0.25) is 0 Å². The van der Waals surface area contributed by atoms with Crippen molar-refractivity contribution in [1.82, 2.24) is 24.1 Å². The summed E-state index contributed by atoms with van der Waals surface area (Å²) in [6.45, 7) is 15.6. The van der Waals surface area contributed by atoms with Crippen LogP contribution in [0.25, 0.3) is 76.1 Å². The van der Waals surface area contributed by atoms with E-state index in [-0.39, 0.29) is 0 Å². The molecule has 7 nitrogen and oxygen atoms in total. The molecule has 258 valence electrons. The Kier molecular flexibility index (Phi) is 6.21. The standard InChI is InChI=1S/C48H25N7S/c1-49-28-17-19-39-32(25-28)33-26-29(50-2)18-20-40(33)54(39)41-15-5-10-36-46(41)56-47-37(48(36)34-12-7-22-52-44(34)45-35(48)13-8-23-53-45)11-6-16-42(47)55-38-14-4-3-9-30(38)31-21-24-51-27-43(31)55/h3-27H. The van der Waals surface area contributed by atoms with E-state index in [0.717, 1.165) is 87.5 Å². The number of hydrogen-bond donors (Lipinski definition) is 0. The van der Waals surface area contributed by atoms with Crippen molar-refractivity contribution < 1.29 is 0 Å². The molecule has 6 heterocycles. The van der Waals surface area contributed by atoms with Crippen LogP contribution in [0.5, 0.6) is 0 Å². The molecule has 10 aromatic rings. The summed E-state index contributed by atoms with van der Waals surface area (Å²) in [4.78, 5) is 24.4. The Labute approximate surface area is 324 Å². The number of fused-ring (bicyclic) bond motifs is 15. The molecule has 0 bridgehead atoms. The number of pyridine rings is 3. The number of hydrogen-bond acceptors (Lipinski definition) is 4. The maximum Gasteiger partial charge on any atom is 0.188 e. The fourth-order valence-electron chi connectivity index (χ4n) is 9.45. The van der Waals surface area contributed by atoms with Crippen LogP contribution in [0.3, 0.4) is 0 Å². The smallest absolute Gasteiger partial charge is 0.188 e. The molecule has 0 amide bonds. The highest BCUT2D eigenvalue weighted by molar-refractivity contribution is 7.99. The highest BCUT2D eigenvalue weighted by Crippen LogP contribution is 2.63. The summed E-state index contributed by atoms with van der Waals surface area (Å²) < 4.78 is 4.68. The minimum absolute atomic E-state index is 0.562. The van der Waals surface area contributed by atoms with Gasteiger partial charge < -0.3 is 9.13 Å². The van der Waals surface area contributed by atoms with Gasteiger partial charge in [-0.1, -0.05) is 78.5 Å². The number of para-hydroxylation sites is 1. The summed E-state index contributed by atoms with van der Waals surface area (Å²) >= 11 is 1.79. The molecular weight excluding hydrogens is 707 g/mol. The van der Waals surface area contributed by atoms with E-state index in [4.69, 9.17) is 23.1 Å². The van der Waals surface area contributed by atoms with Gasteiger partial charge in [0, 0.05) is 39.2 Å². The molecule has 0 unspecified atom stereocenters. The van der Waals surface area contributed by atoms with Crippen molar-refractivity contribution in [2.45, 2.75) is 15.2 Å².